The number of methoxy groups -OCH3 is 1. The van der Waals surface area contributed by atoms with Gasteiger partial charge in [-0.1, -0.05) is 53.6 Å². The lowest BCUT2D eigenvalue weighted by atomic mass is 10.1. The third-order valence-corrected chi connectivity index (χ3v) is 5.44. The molecule has 0 amide bonds. The van der Waals surface area contributed by atoms with Crippen LogP contribution in [0.15, 0.2) is 72.1 Å². The first-order valence-electron chi connectivity index (χ1n) is 9.17. The van der Waals surface area contributed by atoms with Crippen LogP contribution in [0.1, 0.15) is 16.7 Å². The van der Waals surface area contributed by atoms with Gasteiger partial charge in [-0.05, 0) is 48.4 Å². The molecule has 5 nitrogen and oxygen atoms in total. The fourth-order valence-corrected chi connectivity index (χ4v) is 3.85. The number of nitrogens with one attached hydrogen (secondary N) is 1. The van der Waals surface area contributed by atoms with Crippen LogP contribution in [0.25, 0.3) is 6.08 Å². The molecule has 7 heteroatoms. The molecule has 3 rings (SSSR count). The maximum absolute atomic E-state index is 12.4. The highest BCUT2D eigenvalue weighted by Gasteiger charge is 2.11. The Labute approximate surface area is 182 Å². The molecule has 0 aliphatic carbocycles. The van der Waals surface area contributed by atoms with Gasteiger partial charge in [0, 0.05) is 11.1 Å². The van der Waals surface area contributed by atoms with Crippen LogP contribution in [-0.4, -0.2) is 15.5 Å². The van der Waals surface area contributed by atoms with Crippen LogP contribution < -0.4 is 14.2 Å². The lowest BCUT2D eigenvalue weighted by Crippen LogP contribution is -2.09. The zero-order valence-corrected chi connectivity index (χ0v) is 18.2. The van der Waals surface area contributed by atoms with E-state index in [2.05, 4.69) is 4.72 Å². The van der Waals surface area contributed by atoms with Crippen molar-refractivity contribution in [3.05, 3.63) is 93.9 Å². The van der Waals surface area contributed by atoms with E-state index in [0.29, 0.717) is 34.4 Å². The zero-order valence-electron chi connectivity index (χ0n) is 16.6. The topological polar surface area (TPSA) is 64.6 Å². The molecule has 0 saturated carbocycles. The van der Waals surface area contributed by atoms with Crippen molar-refractivity contribution in [3.8, 4) is 11.5 Å². The Balaban J connectivity index is 1.74. The maximum atomic E-state index is 12.4. The first-order chi connectivity index (χ1) is 14.3. The number of benzene rings is 3. The molecule has 0 radical (unpaired) electrons. The number of hydrogen-bond acceptors (Lipinski definition) is 4. The average Bonchev–Trinajstić information content (AvgIpc) is 2.71. The van der Waals surface area contributed by atoms with Gasteiger partial charge in [-0.3, -0.25) is 4.72 Å². The SMILES string of the molecule is COc1ccc(NS(=O)(=O)/C=C/c2cccc(Cl)c2)cc1OCc1cccc(C)c1. The van der Waals surface area contributed by atoms with Crippen LogP contribution in [0.4, 0.5) is 5.69 Å². The van der Waals surface area contributed by atoms with Gasteiger partial charge >= 0.3 is 0 Å². The van der Waals surface area contributed by atoms with Crippen molar-refractivity contribution in [2.45, 2.75) is 13.5 Å². The molecule has 0 atom stereocenters. The molecule has 3 aromatic carbocycles. The van der Waals surface area contributed by atoms with E-state index in [9.17, 15) is 8.42 Å². The lowest BCUT2D eigenvalue weighted by Gasteiger charge is -2.13. The highest BCUT2D eigenvalue weighted by Crippen LogP contribution is 2.31. The molecule has 0 aliphatic rings. The number of aryl methyl sites for hydroxylation is 1. The van der Waals surface area contributed by atoms with E-state index in [-0.39, 0.29) is 0 Å². The monoisotopic (exact) mass is 443 g/mol. The molecule has 0 fully saturated rings. The normalized spacial score (nSPS) is 11.4. The Hall–Kier alpha value is -2.96. The van der Waals surface area contributed by atoms with Crippen molar-refractivity contribution in [2.75, 3.05) is 11.8 Å². The van der Waals surface area contributed by atoms with Gasteiger partial charge in [0.25, 0.3) is 10.0 Å². The highest BCUT2D eigenvalue weighted by atomic mass is 35.5. The van der Waals surface area contributed by atoms with E-state index in [1.165, 1.54) is 13.2 Å². The summed E-state index contributed by atoms with van der Waals surface area (Å²) in [7, 11) is -2.19. The number of hydrogen-bond donors (Lipinski definition) is 1. The van der Waals surface area contributed by atoms with Crippen molar-refractivity contribution >= 4 is 33.4 Å². The third-order valence-electron chi connectivity index (χ3n) is 4.19. The smallest absolute Gasteiger partial charge is 0.255 e. The minimum absolute atomic E-state index is 0.336. The van der Waals surface area contributed by atoms with E-state index >= 15 is 0 Å². The standard InChI is InChI=1S/C23H22ClNO4S/c1-17-5-3-7-19(13-17)16-29-23-15-21(9-10-22(23)28-2)25-30(26,27)12-11-18-6-4-8-20(24)14-18/h3-15,25H,16H2,1-2H3/b12-11+. The summed E-state index contributed by atoms with van der Waals surface area (Å²) in [6, 6.07) is 19.8. The summed E-state index contributed by atoms with van der Waals surface area (Å²) in [6.45, 7) is 2.35. The summed E-state index contributed by atoms with van der Waals surface area (Å²) in [6.07, 6.45) is 1.48. The summed E-state index contributed by atoms with van der Waals surface area (Å²) in [4.78, 5) is 0. The van der Waals surface area contributed by atoms with Gasteiger partial charge in [-0.2, -0.15) is 0 Å². The summed E-state index contributed by atoms with van der Waals surface area (Å²) in [5, 5.41) is 1.63. The van der Waals surface area contributed by atoms with Gasteiger partial charge in [0.15, 0.2) is 11.5 Å². The average molecular weight is 444 g/mol. The minimum atomic E-state index is -3.72. The van der Waals surface area contributed by atoms with Gasteiger partial charge in [0.2, 0.25) is 0 Å². The quantitative estimate of drug-likeness (QED) is 0.488. The maximum Gasteiger partial charge on any atom is 0.255 e. The van der Waals surface area contributed by atoms with Crippen molar-refractivity contribution in [3.63, 3.8) is 0 Å². The molecule has 0 bridgehead atoms. The van der Waals surface area contributed by atoms with E-state index in [0.717, 1.165) is 16.5 Å². The van der Waals surface area contributed by atoms with Gasteiger partial charge in [-0.25, -0.2) is 8.42 Å². The molecule has 0 unspecified atom stereocenters. The molecule has 1 N–H and O–H groups in total. The van der Waals surface area contributed by atoms with E-state index in [4.69, 9.17) is 21.1 Å². The second-order valence-corrected chi connectivity index (χ2v) is 8.65. The Kier molecular flexibility index (Phi) is 7.03. The van der Waals surface area contributed by atoms with Crippen molar-refractivity contribution in [1.29, 1.82) is 0 Å². The van der Waals surface area contributed by atoms with E-state index in [1.807, 2.05) is 31.2 Å². The Morgan fingerprint density at radius 1 is 1.00 bits per heavy atom. The molecular formula is C23H22ClNO4S. The van der Waals surface area contributed by atoms with Gasteiger partial charge in [0.05, 0.1) is 18.2 Å². The number of halogens is 1. The lowest BCUT2D eigenvalue weighted by molar-refractivity contribution is 0.284. The van der Waals surface area contributed by atoms with Crippen LogP contribution in [0.2, 0.25) is 5.02 Å². The second kappa shape index (κ2) is 9.69. The molecule has 0 heterocycles. The fourth-order valence-electron chi connectivity index (χ4n) is 2.79. The van der Waals surface area contributed by atoms with Crippen LogP contribution in [-0.2, 0) is 16.6 Å². The third kappa shape index (κ3) is 6.27. The highest BCUT2D eigenvalue weighted by molar-refractivity contribution is 7.95. The van der Waals surface area contributed by atoms with Gasteiger partial charge in [-0.15, -0.1) is 0 Å². The predicted octanol–water partition coefficient (Wildman–Crippen LogP) is 5.65. The van der Waals surface area contributed by atoms with Crippen molar-refractivity contribution < 1.29 is 17.9 Å². The molecule has 0 spiro atoms. The van der Waals surface area contributed by atoms with Crippen LogP contribution in [0, 0.1) is 6.92 Å². The molecule has 0 saturated heterocycles. The summed E-state index contributed by atoms with van der Waals surface area (Å²) in [5.74, 6) is 0.957. The van der Waals surface area contributed by atoms with Gasteiger partial charge in [0.1, 0.15) is 6.61 Å². The summed E-state index contributed by atoms with van der Waals surface area (Å²) >= 11 is 5.93. The molecule has 3 aromatic rings. The number of rotatable bonds is 8. The minimum Gasteiger partial charge on any atom is -0.493 e. The first-order valence-corrected chi connectivity index (χ1v) is 11.1. The zero-order chi connectivity index (χ0) is 21.6. The number of ether oxygens (including phenoxy) is 2. The predicted molar refractivity (Wildman–Crippen MR) is 122 cm³/mol. The first kappa shape index (κ1) is 21.7. The van der Waals surface area contributed by atoms with Crippen molar-refractivity contribution in [2.24, 2.45) is 0 Å². The molecule has 156 valence electrons. The van der Waals surface area contributed by atoms with Crippen molar-refractivity contribution in [1.82, 2.24) is 0 Å². The fraction of sp³-hybridized carbons (Fsp3) is 0.130. The van der Waals surface area contributed by atoms with Crippen LogP contribution >= 0.6 is 11.6 Å². The second-order valence-electron chi connectivity index (χ2n) is 6.65. The Morgan fingerprint density at radius 3 is 2.53 bits per heavy atom. The van der Waals surface area contributed by atoms with Gasteiger partial charge < -0.3 is 9.47 Å². The Morgan fingerprint density at radius 2 is 1.80 bits per heavy atom. The van der Waals surface area contributed by atoms with E-state index < -0.39 is 10.0 Å². The number of sulfonamides is 1. The van der Waals surface area contributed by atoms with Crippen LogP contribution in [0.3, 0.4) is 0 Å². The molecule has 0 aliphatic heterocycles. The molecule has 30 heavy (non-hydrogen) atoms. The summed E-state index contributed by atoms with van der Waals surface area (Å²) in [5.41, 5.74) is 3.19. The summed E-state index contributed by atoms with van der Waals surface area (Å²) < 4.78 is 38.6. The molecule has 0 aromatic heterocycles. The Bertz CT molecular complexity index is 1160. The largest absolute Gasteiger partial charge is 0.493 e. The van der Waals surface area contributed by atoms with Crippen LogP contribution in [0.5, 0.6) is 11.5 Å². The molecular weight excluding hydrogens is 422 g/mol. The number of anilines is 1. The van der Waals surface area contributed by atoms with E-state index in [1.54, 1.807) is 42.5 Å².